The highest BCUT2D eigenvalue weighted by molar-refractivity contribution is 6.05. The molecule has 6 heteroatoms. The molecule has 2 N–H and O–H groups in total. The molecule has 0 aromatic heterocycles. The number of aliphatic carboxylic acids is 1. The molecule has 1 aromatic rings. The molecule has 1 aliphatic heterocycles. The van der Waals surface area contributed by atoms with E-state index in [1.54, 1.807) is 46.1 Å². The summed E-state index contributed by atoms with van der Waals surface area (Å²) in [5, 5.41) is 12.6. The van der Waals surface area contributed by atoms with Crippen molar-refractivity contribution in [2.45, 2.75) is 38.3 Å². The summed E-state index contributed by atoms with van der Waals surface area (Å²) in [6.07, 6.45) is 0.615. The summed E-state index contributed by atoms with van der Waals surface area (Å²) in [4.78, 5) is 24.5. The second-order valence-corrected chi connectivity index (χ2v) is 6.26. The van der Waals surface area contributed by atoms with Crippen LogP contribution in [0.15, 0.2) is 18.2 Å². The number of methoxy groups -OCH3 is 1. The smallest absolute Gasteiger partial charge is 0.343 e. The first-order chi connectivity index (χ1) is 10.2. The van der Waals surface area contributed by atoms with Gasteiger partial charge in [-0.1, -0.05) is 6.07 Å². The van der Waals surface area contributed by atoms with Crippen molar-refractivity contribution in [3.63, 3.8) is 0 Å². The first-order valence-corrected chi connectivity index (χ1v) is 7.10. The highest BCUT2D eigenvalue weighted by Crippen LogP contribution is 2.34. The van der Waals surface area contributed by atoms with E-state index in [-0.39, 0.29) is 0 Å². The molecule has 6 nitrogen and oxygen atoms in total. The Labute approximate surface area is 129 Å². The Balaban J connectivity index is 2.54. The van der Waals surface area contributed by atoms with Crippen molar-refractivity contribution < 1.29 is 24.2 Å². The summed E-state index contributed by atoms with van der Waals surface area (Å²) in [6.45, 7) is 5.49. The fourth-order valence-corrected chi connectivity index (χ4v) is 2.56. The number of carboxylic acid groups (broad SMARTS) is 1. The molecule has 0 radical (unpaired) electrons. The Morgan fingerprint density at radius 1 is 1.32 bits per heavy atom. The van der Waals surface area contributed by atoms with E-state index in [4.69, 9.17) is 9.47 Å². The summed E-state index contributed by atoms with van der Waals surface area (Å²) < 4.78 is 10.5. The number of hydrogen-bond donors (Lipinski definition) is 2. The Hall–Kier alpha value is -2.08. The van der Waals surface area contributed by atoms with E-state index in [9.17, 15) is 14.7 Å². The predicted octanol–water partition coefficient (Wildman–Crippen LogP) is 1.46. The molecule has 0 saturated heterocycles. The third kappa shape index (κ3) is 2.78. The number of carbonyl (C=O) groups is 2. The zero-order valence-electron chi connectivity index (χ0n) is 13.2. The van der Waals surface area contributed by atoms with Gasteiger partial charge in [0.15, 0.2) is 0 Å². The van der Waals surface area contributed by atoms with Crippen LogP contribution in [-0.2, 0) is 26.3 Å². The number of carboxylic acids is 1. The lowest BCUT2D eigenvalue weighted by atomic mass is 9.82. The van der Waals surface area contributed by atoms with E-state index in [1.165, 1.54) is 0 Å². The standard InChI is InChI=1S/C16H21NO5/c1-15(2,3)22-14(20)16(13(18)19)12-6-5-11(21-4)9-10(12)7-8-17-16/h5-6,9,17H,7-8H2,1-4H3,(H,18,19). The summed E-state index contributed by atoms with van der Waals surface area (Å²) >= 11 is 0. The molecule has 22 heavy (non-hydrogen) atoms. The van der Waals surface area contributed by atoms with Crippen LogP contribution in [0.5, 0.6) is 5.75 Å². The van der Waals surface area contributed by atoms with Crippen LogP contribution >= 0.6 is 0 Å². The number of nitrogens with one attached hydrogen (secondary N) is 1. The molecule has 120 valence electrons. The van der Waals surface area contributed by atoms with Crippen LogP contribution in [0.4, 0.5) is 0 Å². The van der Waals surface area contributed by atoms with E-state index < -0.39 is 23.1 Å². The van der Waals surface area contributed by atoms with Crippen LogP contribution in [0.3, 0.4) is 0 Å². The largest absolute Gasteiger partial charge is 0.497 e. The first-order valence-electron chi connectivity index (χ1n) is 7.10. The molecular formula is C16H21NO5. The first kappa shape index (κ1) is 16.3. The van der Waals surface area contributed by atoms with Crippen LogP contribution in [0.1, 0.15) is 31.9 Å². The van der Waals surface area contributed by atoms with E-state index in [0.29, 0.717) is 24.3 Å². The zero-order chi connectivity index (χ0) is 16.5. The van der Waals surface area contributed by atoms with Crippen LogP contribution in [0.25, 0.3) is 0 Å². The molecule has 1 aliphatic rings. The Morgan fingerprint density at radius 2 is 2.00 bits per heavy atom. The molecule has 1 atom stereocenters. The van der Waals surface area contributed by atoms with Gasteiger partial charge in [-0.25, -0.2) is 9.59 Å². The van der Waals surface area contributed by atoms with Crippen molar-refractivity contribution in [3.8, 4) is 5.75 Å². The van der Waals surface area contributed by atoms with Crippen molar-refractivity contribution in [2.75, 3.05) is 13.7 Å². The van der Waals surface area contributed by atoms with Gasteiger partial charge in [-0.15, -0.1) is 0 Å². The fourth-order valence-electron chi connectivity index (χ4n) is 2.56. The molecule has 0 aliphatic carbocycles. The average Bonchev–Trinajstić information content (AvgIpc) is 2.43. The topological polar surface area (TPSA) is 84.9 Å². The highest BCUT2D eigenvalue weighted by atomic mass is 16.6. The van der Waals surface area contributed by atoms with Gasteiger partial charge in [0.2, 0.25) is 5.54 Å². The number of fused-ring (bicyclic) bond motifs is 1. The highest BCUT2D eigenvalue weighted by Gasteiger charge is 2.53. The summed E-state index contributed by atoms with van der Waals surface area (Å²) in [5.41, 5.74) is -1.48. The van der Waals surface area contributed by atoms with E-state index in [2.05, 4.69) is 5.32 Å². The maximum Gasteiger partial charge on any atom is 0.343 e. The molecule has 0 fully saturated rings. The fraction of sp³-hybridized carbons (Fsp3) is 0.500. The van der Waals surface area contributed by atoms with Gasteiger partial charge in [0.05, 0.1) is 7.11 Å². The van der Waals surface area contributed by atoms with Gasteiger partial charge in [0, 0.05) is 6.54 Å². The van der Waals surface area contributed by atoms with Crippen molar-refractivity contribution >= 4 is 11.9 Å². The van der Waals surface area contributed by atoms with Crippen molar-refractivity contribution in [1.29, 1.82) is 0 Å². The summed E-state index contributed by atoms with van der Waals surface area (Å²) in [6, 6.07) is 5.02. The van der Waals surface area contributed by atoms with Crippen LogP contribution in [0, 0.1) is 0 Å². The second kappa shape index (κ2) is 5.61. The van der Waals surface area contributed by atoms with Crippen LogP contribution in [-0.4, -0.2) is 36.3 Å². The summed E-state index contributed by atoms with van der Waals surface area (Å²) in [5.74, 6) is -1.45. The van der Waals surface area contributed by atoms with Gasteiger partial charge in [-0.3, -0.25) is 5.32 Å². The van der Waals surface area contributed by atoms with Gasteiger partial charge in [-0.05, 0) is 50.5 Å². The third-order valence-corrected chi connectivity index (χ3v) is 3.53. The number of benzene rings is 1. The molecule has 1 aromatic carbocycles. The van der Waals surface area contributed by atoms with E-state index >= 15 is 0 Å². The van der Waals surface area contributed by atoms with Gasteiger partial charge >= 0.3 is 11.9 Å². The minimum Gasteiger partial charge on any atom is -0.497 e. The molecule has 0 spiro atoms. The lowest BCUT2D eigenvalue weighted by Gasteiger charge is -2.36. The molecular weight excluding hydrogens is 286 g/mol. The van der Waals surface area contributed by atoms with Crippen LogP contribution < -0.4 is 10.1 Å². The molecule has 2 rings (SSSR count). The molecule has 1 unspecified atom stereocenters. The number of hydrogen-bond acceptors (Lipinski definition) is 5. The Morgan fingerprint density at radius 3 is 2.55 bits per heavy atom. The van der Waals surface area contributed by atoms with Gasteiger partial charge < -0.3 is 14.6 Å². The zero-order valence-corrected chi connectivity index (χ0v) is 13.2. The maximum absolute atomic E-state index is 12.6. The Kier molecular flexibility index (Phi) is 4.15. The third-order valence-electron chi connectivity index (χ3n) is 3.53. The minimum absolute atomic E-state index is 0.367. The monoisotopic (exact) mass is 307 g/mol. The molecule has 0 amide bonds. The quantitative estimate of drug-likeness (QED) is 0.649. The summed E-state index contributed by atoms with van der Waals surface area (Å²) in [7, 11) is 1.54. The Bertz CT molecular complexity index is 605. The average molecular weight is 307 g/mol. The molecule has 1 heterocycles. The number of carbonyl (C=O) groups excluding carboxylic acids is 1. The number of esters is 1. The van der Waals surface area contributed by atoms with Crippen LogP contribution in [0.2, 0.25) is 0 Å². The number of rotatable bonds is 3. The van der Waals surface area contributed by atoms with E-state index in [1.807, 2.05) is 0 Å². The van der Waals surface area contributed by atoms with Gasteiger partial charge in [0.25, 0.3) is 0 Å². The molecule has 0 saturated carbocycles. The lowest BCUT2D eigenvalue weighted by molar-refractivity contribution is -0.172. The number of ether oxygens (including phenoxy) is 2. The second-order valence-electron chi connectivity index (χ2n) is 6.26. The van der Waals surface area contributed by atoms with Crippen molar-refractivity contribution in [2.24, 2.45) is 0 Å². The maximum atomic E-state index is 12.6. The van der Waals surface area contributed by atoms with Gasteiger partial charge in [-0.2, -0.15) is 0 Å². The predicted molar refractivity (Wildman–Crippen MR) is 79.9 cm³/mol. The minimum atomic E-state index is -1.88. The lowest BCUT2D eigenvalue weighted by Crippen LogP contribution is -2.60. The SMILES string of the molecule is COc1ccc2c(c1)CCNC2(C(=O)O)C(=O)OC(C)(C)C. The van der Waals surface area contributed by atoms with E-state index in [0.717, 1.165) is 5.56 Å². The normalized spacial score (nSPS) is 20.9. The molecule has 0 bridgehead atoms. The van der Waals surface area contributed by atoms with Gasteiger partial charge in [0.1, 0.15) is 11.4 Å². The van der Waals surface area contributed by atoms with Crippen molar-refractivity contribution in [1.82, 2.24) is 5.32 Å². The van der Waals surface area contributed by atoms with Crippen molar-refractivity contribution in [3.05, 3.63) is 29.3 Å².